The molecular weight excluding hydrogens is 236 g/mol. The number of amides is 1. The fourth-order valence-electron chi connectivity index (χ4n) is 1.18. The van der Waals surface area contributed by atoms with Crippen LogP contribution < -0.4 is 10.1 Å². The average molecular weight is 248 g/mol. The Kier molecular flexibility index (Phi) is 5.19. The quantitative estimate of drug-likeness (QED) is 0.766. The van der Waals surface area contributed by atoms with E-state index < -0.39 is 11.9 Å². The van der Waals surface area contributed by atoms with E-state index in [1.165, 1.54) is 7.11 Å². The Morgan fingerprint density at radius 3 is 2.89 bits per heavy atom. The van der Waals surface area contributed by atoms with Gasteiger partial charge in [0.15, 0.2) is 6.61 Å². The second kappa shape index (κ2) is 6.91. The average Bonchev–Trinajstić information content (AvgIpc) is 2.42. The van der Waals surface area contributed by atoms with Crippen LogP contribution in [0.2, 0.25) is 0 Å². The molecule has 0 spiro atoms. The van der Waals surface area contributed by atoms with Gasteiger partial charge in [0.1, 0.15) is 18.4 Å². The molecule has 6 nitrogen and oxygen atoms in total. The topological polar surface area (TPSA) is 88.4 Å². The number of methoxy groups -OCH3 is 1. The lowest BCUT2D eigenvalue weighted by molar-refractivity contribution is -0.140. The maximum absolute atomic E-state index is 11.7. The normalized spacial score (nSPS) is 9.11. The van der Waals surface area contributed by atoms with E-state index in [9.17, 15) is 9.59 Å². The number of esters is 1. The number of benzene rings is 1. The molecule has 0 aromatic heterocycles. The second-order valence-corrected chi connectivity index (χ2v) is 3.23. The SMILES string of the molecule is COc1cccc(C(=O)NCC(=O)OCC#N)c1. The van der Waals surface area contributed by atoms with Crippen molar-refractivity contribution in [2.45, 2.75) is 0 Å². The molecule has 6 heteroatoms. The number of nitrogens with zero attached hydrogens (tertiary/aromatic N) is 1. The molecule has 0 aliphatic carbocycles. The van der Waals surface area contributed by atoms with E-state index in [4.69, 9.17) is 10.00 Å². The summed E-state index contributed by atoms with van der Waals surface area (Å²) in [5.41, 5.74) is 0.377. The van der Waals surface area contributed by atoms with Crippen molar-refractivity contribution in [3.05, 3.63) is 29.8 Å². The van der Waals surface area contributed by atoms with Gasteiger partial charge in [0.25, 0.3) is 5.91 Å². The van der Waals surface area contributed by atoms with Gasteiger partial charge in [-0.1, -0.05) is 6.07 Å². The third kappa shape index (κ3) is 4.14. The summed E-state index contributed by atoms with van der Waals surface area (Å²) in [5.74, 6) is -0.523. The van der Waals surface area contributed by atoms with E-state index in [0.717, 1.165) is 0 Å². The predicted molar refractivity (Wildman–Crippen MR) is 61.9 cm³/mol. The number of ether oxygens (including phenoxy) is 2. The molecule has 0 saturated carbocycles. The van der Waals surface area contributed by atoms with Crippen LogP contribution in [0, 0.1) is 11.3 Å². The number of hydrogen-bond donors (Lipinski definition) is 1. The van der Waals surface area contributed by atoms with E-state index in [1.807, 2.05) is 0 Å². The van der Waals surface area contributed by atoms with Gasteiger partial charge >= 0.3 is 5.97 Å². The summed E-state index contributed by atoms with van der Waals surface area (Å²) in [5, 5.41) is 10.6. The minimum Gasteiger partial charge on any atom is -0.497 e. The first-order chi connectivity index (χ1) is 8.67. The fourth-order valence-corrected chi connectivity index (χ4v) is 1.18. The van der Waals surface area contributed by atoms with Crippen molar-refractivity contribution in [2.24, 2.45) is 0 Å². The third-order valence-electron chi connectivity index (χ3n) is 2.02. The van der Waals surface area contributed by atoms with Crippen LogP contribution >= 0.6 is 0 Å². The number of carbonyl (C=O) groups is 2. The lowest BCUT2D eigenvalue weighted by Gasteiger charge is -2.05. The Morgan fingerprint density at radius 1 is 1.44 bits per heavy atom. The van der Waals surface area contributed by atoms with E-state index >= 15 is 0 Å². The summed E-state index contributed by atoms with van der Waals surface area (Å²) < 4.78 is 9.46. The summed E-state index contributed by atoms with van der Waals surface area (Å²) >= 11 is 0. The highest BCUT2D eigenvalue weighted by Crippen LogP contribution is 2.12. The standard InChI is InChI=1S/C12H12N2O4/c1-17-10-4-2-3-9(7-10)12(16)14-8-11(15)18-6-5-13/h2-4,7H,6,8H2,1H3,(H,14,16). The Morgan fingerprint density at radius 2 is 2.22 bits per heavy atom. The Labute approximate surface area is 104 Å². The van der Waals surface area contributed by atoms with E-state index in [-0.39, 0.29) is 13.2 Å². The molecule has 0 fully saturated rings. The summed E-state index contributed by atoms with van der Waals surface area (Å²) in [7, 11) is 1.50. The van der Waals surface area contributed by atoms with E-state index in [0.29, 0.717) is 11.3 Å². The molecule has 94 valence electrons. The molecule has 18 heavy (non-hydrogen) atoms. The zero-order valence-electron chi connectivity index (χ0n) is 9.80. The molecule has 0 heterocycles. The third-order valence-corrected chi connectivity index (χ3v) is 2.02. The number of nitrogens with one attached hydrogen (secondary N) is 1. The highest BCUT2D eigenvalue weighted by molar-refractivity contribution is 5.96. The Balaban J connectivity index is 2.50. The largest absolute Gasteiger partial charge is 0.497 e. The summed E-state index contributed by atoms with van der Waals surface area (Å²) in [6, 6.07) is 8.18. The number of carbonyl (C=O) groups excluding carboxylic acids is 2. The molecule has 0 aliphatic rings. The molecule has 1 N–H and O–H groups in total. The molecular formula is C12H12N2O4. The zero-order valence-corrected chi connectivity index (χ0v) is 9.80. The zero-order chi connectivity index (χ0) is 13.4. The highest BCUT2D eigenvalue weighted by Gasteiger charge is 2.09. The molecule has 0 aliphatic heterocycles. The van der Waals surface area contributed by atoms with Crippen molar-refractivity contribution < 1.29 is 19.1 Å². The second-order valence-electron chi connectivity index (χ2n) is 3.23. The Hall–Kier alpha value is -2.55. The van der Waals surface area contributed by atoms with Gasteiger partial charge in [-0.3, -0.25) is 9.59 Å². The first-order valence-electron chi connectivity index (χ1n) is 5.12. The number of hydrogen-bond acceptors (Lipinski definition) is 5. The number of rotatable bonds is 5. The van der Waals surface area contributed by atoms with Gasteiger partial charge in [0, 0.05) is 5.56 Å². The minimum atomic E-state index is -0.659. The maximum atomic E-state index is 11.7. The first kappa shape index (κ1) is 13.5. The van der Waals surface area contributed by atoms with Gasteiger partial charge in [-0.25, -0.2) is 0 Å². The van der Waals surface area contributed by atoms with E-state index in [1.54, 1.807) is 30.3 Å². The predicted octanol–water partition coefficient (Wildman–Crippen LogP) is 0.492. The molecule has 1 aromatic carbocycles. The van der Waals surface area contributed by atoms with Crippen LogP contribution in [0.4, 0.5) is 0 Å². The molecule has 0 atom stereocenters. The lowest BCUT2D eigenvalue weighted by atomic mass is 10.2. The first-order valence-corrected chi connectivity index (χ1v) is 5.12. The molecule has 0 unspecified atom stereocenters. The number of nitriles is 1. The molecule has 0 radical (unpaired) electrons. The summed E-state index contributed by atoms with van der Waals surface area (Å²) in [4.78, 5) is 22.7. The highest BCUT2D eigenvalue weighted by atomic mass is 16.5. The molecule has 0 saturated heterocycles. The van der Waals surface area contributed by atoms with Crippen LogP contribution in [0.5, 0.6) is 5.75 Å². The van der Waals surface area contributed by atoms with Crippen LogP contribution in [-0.2, 0) is 9.53 Å². The molecule has 1 amide bonds. The summed E-state index contributed by atoms with van der Waals surface area (Å²) in [6.07, 6.45) is 0. The van der Waals surface area contributed by atoms with Crippen LogP contribution in [0.3, 0.4) is 0 Å². The lowest BCUT2D eigenvalue weighted by Crippen LogP contribution is -2.30. The molecule has 1 rings (SSSR count). The van der Waals surface area contributed by atoms with Crippen molar-refractivity contribution in [1.82, 2.24) is 5.32 Å². The maximum Gasteiger partial charge on any atom is 0.326 e. The summed E-state index contributed by atoms with van der Waals surface area (Å²) in [6.45, 7) is -0.606. The van der Waals surface area contributed by atoms with Crippen molar-refractivity contribution in [3.63, 3.8) is 0 Å². The van der Waals surface area contributed by atoms with Crippen molar-refractivity contribution in [1.29, 1.82) is 5.26 Å². The minimum absolute atomic E-state index is 0.280. The smallest absolute Gasteiger partial charge is 0.326 e. The fraction of sp³-hybridized carbons (Fsp3) is 0.250. The van der Waals surface area contributed by atoms with Gasteiger partial charge in [0.05, 0.1) is 7.11 Å². The van der Waals surface area contributed by atoms with Gasteiger partial charge < -0.3 is 14.8 Å². The van der Waals surface area contributed by atoms with E-state index in [2.05, 4.69) is 10.1 Å². The van der Waals surface area contributed by atoms with Crippen molar-refractivity contribution in [2.75, 3.05) is 20.3 Å². The van der Waals surface area contributed by atoms with Gasteiger partial charge in [-0.15, -0.1) is 0 Å². The van der Waals surface area contributed by atoms with Gasteiger partial charge in [-0.05, 0) is 18.2 Å². The van der Waals surface area contributed by atoms with Crippen LogP contribution in [0.1, 0.15) is 10.4 Å². The van der Waals surface area contributed by atoms with Gasteiger partial charge in [0.2, 0.25) is 0 Å². The monoisotopic (exact) mass is 248 g/mol. The van der Waals surface area contributed by atoms with Crippen LogP contribution in [-0.4, -0.2) is 32.1 Å². The molecule has 0 bridgehead atoms. The van der Waals surface area contributed by atoms with Crippen molar-refractivity contribution >= 4 is 11.9 Å². The molecule has 1 aromatic rings. The van der Waals surface area contributed by atoms with Gasteiger partial charge in [-0.2, -0.15) is 5.26 Å². The van der Waals surface area contributed by atoms with Crippen molar-refractivity contribution in [3.8, 4) is 11.8 Å². The van der Waals surface area contributed by atoms with Crippen LogP contribution in [0.15, 0.2) is 24.3 Å². The Bertz CT molecular complexity index is 479. The van der Waals surface area contributed by atoms with Crippen LogP contribution in [0.25, 0.3) is 0 Å².